The third-order valence-corrected chi connectivity index (χ3v) is 6.59. The second-order valence-electron chi connectivity index (χ2n) is 8.33. The van der Waals surface area contributed by atoms with Crippen LogP contribution in [0.1, 0.15) is 55.7 Å². The summed E-state index contributed by atoms with van der Waals surface area (Å²) in [5.41, 5.74) is 2.90. The first-order valence-electron chi connectivity index (χ1n) is 11.0. The smallest absolute Gasteiger partial charge is 0.0389 e. The van der Waals surface area contributed by atoms with Crippen molar-refractivity contribution in [3.05, 3.63) is 71.8 Å². The number of benzene rings is 2. The van der Waals surface area contributed by atoms with E-state index < -0.39 is 0 Å². The molecule has 2 aliphatic rings. The van der Waals surface area contributed by atoms with Gasteiger partial charge in [-0.2, -0.15) is 0 Å². The largest absolute Gasteiger partial charge is 0.298 e. The maximum absolute atomic E-state index is 2.80. The highest BCUT2D eigenvalue weighted by Gasteiger charge is 2.28. The molecule has 0 aromatic heterocycles. The molecule has 0 amide bonds. The summed E-state index contributed by atoms with van der Waals surface area (Å²) in [7, 11) is 0. The van der Waals surface area contributed by atoms with Crippen molar-refractivity contribution in [1.82, 2.24) is 9.80 Å². The van der Waals surface area contributed by atoms with Gasteiger partial charge < -0.3 is 0 Å². The van der Waals surface area contributed by atoms with Crippen LogP contribution in [0.5, 0.6) is 0 Å². The van der Waals surface area contributed by atoms with Gasteiger partial charge in [-0.1, -0.05) is 86.3 Å². The molecule has 1 unspecified atom stereocenters. The summed E-state index contributed by atoms with van der Waals surface area (Å²) < 4.78 is 0. The Labute approximate surface area is 165 Å². The van der Waals surface area contributed by atoms with Crippen molar-refractivity contribution in [2.24, 2.45) is 0 Å². The molecule has 1 aliphatic carbocycles. The molecule has 2 heteroatoms. The number of hydrogen-bond donors (Lipinski definition) is 0. The summed E-state index contributed by atoms with van der Waals surface area (Å²) in [6, 6.07) is 23.5. The molecule has 2 aromatic rings. The average Bonchev–Trinajstić information content (AvgIpc) is 3.03. The van der Waals surface area contributed by atoms with Crippen LogP contribution in [0.4, 0.5) is 0 Å². The highest BCUT2D eigenvalue weighted by Crippen LogP contribution is 2.28. The fourth-order valence-electron chi connectivity index (χ4n) is 5.01. The zero-order valence-corrected chi connectivity index (χ0v) is 16.6. The third-order valence-electron chi connectivity index (χ3n) is 6.59. The molecule has 0 spiro atoms. The third kappa shape index (κ3) is 5.00. The van der Waals surface area contributed by atoms with Gasteiger partial charge in [0.15, 0.2) is 0 Å². The average molecular weight is 363 g/mol. The molecule has 1 atom stereocenters. The predicted molar refractivity (Wildman–Crippen MR) is 114 cm³/mol. The number of nitrogens with zero attached hydrogens (tertiary/aromatic N) is 2. The Balaban J connectivity index is 1.43. The van der Waals surface area contributed by atoms with E-state index in [-0.39, 0.29) is 0 Å². The van der Waals surface area contributed by atoms with Gasteiger partial charge in [0.25, 0.3) is 0 Å². The maximum Gasteiger partial charge on any atom is 0.0389 e. The van der Waals surface area contributed by atoms with E-state index in [1.807, 2.05) is 0 Å². The fraction of sp³-hybridized carbons (Fsp3) is 0.520. The second-order valence-corrected chi connectivity index (χ2v) is 8.33. The molecular weight excluding hydrogens is 328 g/mol. The minimum Gasteiger partial charge on any atom is -0.298 e. The van der Waals surface area contributed by atoms with Gasteiger partial charge in [0.1, 0.15) is 0 Å². The number of hydrogen-bond acceptors (Lipinski definition) is 2. The van der Waals surface area contributed by atoms with Crippen molar-refractivity contribution in [1.29, 1.82) is 0 Å². The van der Waals surface area contributed by atoms with Crippen LogP contribution < -0.4 is 0 Å². The molecule has 4 rings (SSSR count). The van der Waals surface area contributed by atoms with E-state index in [4.69, 9.17) is 0 Å². The quantitative estimate of drug-likeness (QED) is 0.665. The lowest BCUT2D eigenvalue weighted by Gasteiger charge is -2.42. The molecule has 0 bridgehead atoms. The molecule has 2 fully saturated rings. The van der Waals surface area contributed by atoms with E-state index in [2.05, 4.69) is 70.5 Å². The zero-order chi connectivity index (χ0) is 18.3. The van der Waals surface area contributed by atoms with Crippen LogP contribution in [0.25, 0.3) is 0 Å². The van der Waals surface area contributed by atoms with Gasteiger partial charge in [-0.3, -0.25) is 9.80 Å². The standard InChI is InChI=1S/C25H34N2/c1-2-10-16-24(15-9-1)26-17-19-27(20-18-26)25(23-13-7-4-8-14-23)21-22-11-5-3-6-12-22/h3-8,11-14,24-25H,1-2,9-10,15-21H2. The minimum absolute atomic E-state index is 0.491. The molecule has 1 heterocycles. The molecule has 27 heavy (non-hydrogen) atoms. The Bertz CT molecular complexity index is 653. The minimum atomic E-state index is 0.491. The van der Waals surface area contributed by atoms with E-state index in [9.17, 15) is 0 Å². The van der Waals surface area contributed by atoms with E-state index in [0.717, 1.165) is 12.5 Å². The van der Waals surface area contributed by atoms with Crippen LogP contribution in [-0.2, 0) is 6.42 Å². The molecule has 1 aliphatic heterocycles. The fourth-order valence-corrected chi connectivity index (χ4v) is 5.01. The van der Waals surface area contributed by atoms with Gasteiger partial charge in [0.05, 0.1) is 0 Å². The monoisotopic (exact) mass is 362 g/mol. The highest BCUT2D eigenvalue weighted by atomic mass is 15.3. The topological polar surface area (TPSA) is 6.48 Å². The second kappa shape index (κ2) is 9.52. The van der Waals surface area contributed by atoms with E-state index >= 15 is 0 Å². The van der Waals surface area contributed by atoms with Gasteiger partial charge in [-0.05, 0) is 30.4 Å². The lowest BCUT2D eigenvalue weighted by atomic mass is 9.96. The van der Waals surface area contributed by atoms with Crippen molar-refractivity contribution >= 4 is 0 Å². The summed E-state index contributed by atoms with van der Waals surface area (Å²) in [6.45, 7) is 4.87. The number of piperazine rings is 1. The molecular formula is C25H34N2. The van der Waals surface area contributed by atoms with E-state index in [1.54, 1.807) is 0 Å². The van der Waals surface area contributed by atoms with Crippen molar-refractivity contribution in [2.75, 3.05) is 26.2 Å². The van der Waals surface area contributed by atoms with Crippen LogP contribution in [0.3, 0.4) is 0 Å². The predicted octanol–water partition coefficient (Wildman–Crippen LogP) is 5.31. The highest BCUT2D eigenvalue weighted by molar-refractivity contribution is 5.24. The van der Waals surface area contributed by atoms with Gasteiger partial charge in [-0.25, -0.2) is 0 Å². The van der Waals surface area contributed by atoms with E-state index in [0.29, 0.717) is 6.04 Å². The zero-order valence-electron chi connectivity index (χ0n) is 16.6. The van der Waals surface area contributed by atoms with Crippen molar-refractivity contribution in [3.8, 4) is 0 Å². The van der Waals surface area contributed by atoms with Gasteiger partial charge in [0.2, 0.25) is 0 Å². The normalized spacial score (nSPS) is 21.6. The molecule has 1 saturated heterocycles. The Kier molecular flexibility index (Phi) is 6.60. The van der Waals surface area contributed by atoms with Gasteiger partial charge in [-0.15, -0.1) is 0 Å². The Morgan fingerprint density at radius 3 is 1.93 bits per heavy atom. The van der Waals surface area contributed by atoms with Gasteiger partial charge in [0, 0.05) is 38.3 Å². The summed E-state index contributed by atoms with van der Waals surface area (Å²) in [5, 5.41) is 0. The van der Waals surface area contributed by atoms with Gasteiger partial charge >= 0.3 is 0 Å². The van der Waals surface area contributed by atoms with Crippen molar-refractivity contribution < 1.29 is 0 Å². The summed E-state index contributed by atoms with van der Waals surface area (Å²) >= 11 is 0. The van der Waals surface area contributed by atoms with Crippen LogP contribution in [0.15, 0.2) is 60.7 Å². The summed E-state index contributed by atoms with van der Waals surface area (Å²) in [6.07, 6.45) is 9.72. The molecule has 1 saturated carbocycles. The van der Waals surface area contributed by atoms with Crippen molar-refractivity contribution in [3.63, 3.8) is 0 Å². The molecule has 2 nitrogen and oxygen atoms in total. The number of rotatable bonds is 5. The lowest BCUT2D eigenvalue weighted by Crippen LogP contribution is -2.51. The first-order valence-corrected chi connectivity index (χ1v) is 11.0. The molecule has 0 N–H and O–H groups in total. The van der Waals surface area contributed by atoms with Crippen LogP contribution in [0, 0.1) is 0 Å². The van der Waals surface area contributed by atoms with E-state index in [1.165, 1.54) is 75.8 Å². The van der Waals surface area contributed by atoms with Crippen LogP contribution in [-0.4, -0.2) is 42.0 Å². The SMILES string of the molecule is c1ccc(CC(c2ccccc2)N2CCN(C3CCCCCC3)CC2)cc1. The first kappa shape index (κ1) is 18.7. The van der Waals surface area contributed by atoms with Crippen LogP contribution >= 0.6 is 0 Å². The molecule has 144 valence electrons. The van der Waals surface area contributed by atoms with Crippen molar-refractivity contribution in [2.45, 2.75) is 57.0 Å². The Hall–Kier alpha value is -1.64. The molecule has 2 aromatic carbocycles. The summed E-state index contributed by atoms with van der Waals surface area (Å²) in [5.74, 6) is 0. The lowest BCUT2D eigenvalue weighted by molar-refractivity contribution is 0.0633. The van der Waals surface area contributed by atoms with Crippen LogP contribution in [0.2, 0.25) is 0 Å². The maximum atomic E-state index is 2.80. The Morgan fingerprint density at radius 1 is 0.704 bits per heavy atom. The first-order chi connectivity index (χ1) is 13.4. The summed E-state index contributed by atoms with van der Waals surface area (Å²) in [4.78, 5) is 5.53. The molecule has 0 radical (unpaired) electrons. The Morgan fingerprint density at radius 2 is 1.30 bits per heavy atom.